The lowest BCUT2D eigenvalue weighted by atomic mass is 9.99. The predicted octanol–water partition coefficient (Wildman–Crippen LogP) is -4.92. The van der Waals surface area contributed by atoms with E-state index < -0.39 is 62.2 Å². The Labute approximate surface area is 119 Å². The van der Waals surface area contributed by atoms with Crippen molar-refractivity contribution in [1.29, 1.82) is 0 Å². The minimum atomic E-state index is -1.79. The fourth-order valence-corrected chi connectivity index (χ4v) is 1.85. The summed E-state index contributed by atoms with van der Waals surface area (Å²) in [5.41, 5.74) is 0. The summed E-state index contributed by atoms with van der Waals surface area (Å²) in [6.45, 7) is -1.51. The number of hydrogen-bond donors (Lipinski definition) is 7. The van der Waals surface area contributed by atoms with Crippen LogP contribution in [0.5, 0.6) is 0 Å². The normalized spacial score (nSPS) is 37.8. The van der Waals surface area contributed by atoms with E-state index in [4.69, 9.17) is 19.7 Å². The van der Waals surface area contributed by atoms with Crippen LogP contribution in [0.2, 0.25) is 0 Å². The van der Waals surface area contributed by atoms with Crippen LogP contribution in [0.3, 0.4) is 0 Å². The van der Waals surface area contributed by atoms with Gasteiger partial charge in [-0.3, -0.25) is 0 Å². The van der Waals surface area contributed by atoms with E-state index in [-0.39, 0.29) is 6.29 Å². The molecule has 0 aromatic rings. The van der Waals surface area contributed by atoms with Gasteiger partial charge in [0.15, 0.2) is 12.6 Å². The van der Waals surface area contributed by atoms with Gasteiger partial charge in [0, 0.05) is 0 Å². The van der Waals surface area contributed by atoms with Crippen LogP contribution in [0.15, 0.2) is 0 Å². The fourth-order valence-electron chi connectivity index (χ4n) is 1.85. The van der Waals surface area contributed by atoms with Gasteiger partial charge in [0.2, 0.25) is 0 Å². The maximum Gasteiger partial charge on any atom is 0.187 e. The molecule has 8 atom stereocenters. The van der Waals surface area contributed by atoms with E-state index in [1.54, 1.807) is 0 Å². The number of hydrogen-bond acceptors (Lipinski definition) is 10. The zero-order valence-corrected chi connectivity index (χ0v) is 11.0. The summed E-state index contributed by atoms with van der Waals surface area (Å²) in [5, 5.41) is 65.3. The van der Waals surface area contributed by atoms with E-state index in [1.807, 2.05) is 0 Å². The van der Waals surface area contributed by atoms with Crippen molar-refractivity contribution in [1.82, 2.24) is 0 Å². The first-order valence-corrected chi connectivity index (χ1v) is 6.25. The second-order valence-electron chi connectivity index (χ2n) is 4.67. The molecule has 0 amide bonds. The van der Waals surface area contributed by atoms with Crippen molar-refractivity contribution >= 4 is 6.29 Å². The van der Waals surface area contributed by atoms with Crippen LogP contribution in [0.4, 0.5) is 0 Å². The van der Waals surface area contributed by atoms with Gasteiger partial charge in [-0.1, -0.05) is 0 Å². The molecule has 1 fully saturated rings. The van der Waals surface area contributed by atoms with Gasteiger partial charge >= 0.3 is 0 Å². The van der Waals surface area contributed by atoms with E-state index in [0.717, 1.165) is 0 Å². The van der Waals surface area contributed by atoms with E-state index in [2.05, 4.69) is 0 Å². The smallest absolute Gasteiger partial charge is 0.187 e. The highest BCUT2D eigenvalue weighted by Gasteiger charge is 2.45. The lowest BCUT2D eigenvalue weighted by molar-refractivity contribution is -0.314. The molecule has 1 rings (SSSR count). The third-order valence-electron chi connectivity index (χ3n) is 3.19. The van der Waals surface area contributed by atoms with Gasteiger partial charge in [-0.2, -0.15) is 0 Å². The minimum absolute atomic E-state index is 0.116. The molecule has 0 aromatic heterocycles. The molecular weight excluding hydrogens is 292 g/mol. The highest BCUT2D eigenvalue weighted by molar-refractivity contribution is 5.57. The zero-order chi connectivity index (χ0) is 16.2. The summed E-state index contributed by atoms with van der Waals surface area (Å²) < 4.78 is 9.92. The SMILES string of the molecule is O=C[C@@H](O[C@H]1O[C@H](CO)[C@@H](O)[C@H](O)[C@H]1O)[C@H](O)[C@H](O)CO. The monoisotopic (exact) mass is 312 g/mol. The first-order chi connectivity index (χ1) is 9.87. The summed E-state index contributed by atoms with van der Waals surface area (Å²) in [7, 11) is 0. The molecule has 0 spiro atoms. The van der Waals surface area contributed by atoms with E-state index in [9.17, 15) is 30.3 Å². The van der Waals surface area contributed by atoms with Crippen molar-refractivity contribution < 1.29 is 50.0 Å². The summed E-state index contributed by atoms with van der Waals surface area (Å²) in [6.07, 6.45) is -12.9. The molecule has 10 nitrogen and oxygen atoms in total. The lowest BCUT2D eigenvalue weighted by Crippen LogP contribution is -2.60. The topological polar surface area (TPSA) is 177 Å². The molecule has 0 radical (unpaired) electrons. The average Bonchev–Trinajstić information content (AvgIpc) is 2.50. The number of carbonyl (C=O) groups is 1. The molecule has 0 aliphatic carbocycles. The molecule has 0 bridgehead atoms. The molecule has 10 heteroatoms. The van der Waals surface area contributed by atoms with E-state index in [1.165, 1.54) is 0 Å². The van der Waals surface area contributed by atoms with Gasteiger partial charge in [0.1, 0.15) is 42.7 Å². The van der Waals surface area contributed by atoms with Crippen LogP contribution < -0.4 is 0 Å². The summed E-state index contributed by atoms with van der Waals surface area (Å²) in [5.74, 6) is 0. The maximum atomic E-state index is 10.9. The Morgan fingerprint density at radius 1 is 1.10 bits per heavy atom. The number of rotatable bonds is 7. The van der Waals surface area contributed by atoms with Crippen molar-refractivity contribution in [3.8, 4) is 0 Å². The molecule has 1 saturated heterocycles. The van der Waals surface area contributed by atoms with E-state index >= 15 is 0 Å². The molecule has 0 aromatic carbocycles. The molecule has 0 saturated carbocycles. The van der Waals surface area contributed by atoms with Crippen LogP contribution in [-0.2, 0) is 14.3 Å². The first kappa shape index (κ1) is 18.4. The Hall–Kier alpha value is -0.690. The number of aliphatic hydroxyl groups is 7. The Morgan fingerprint density at radius 2 is 1.71 bits per heavy atom. The number of aliphatic hydroxyl groups excluding tert-OH is 7. The van der Waals surface area contributed by atoms with Gasteiger partial charge in [-0.25, -0.2) is 0 Å². The zero-order valence-electron chi connectivity index (χ0n) is 11.0. The maximum absolute atomic E-state index is 10.9. The highest BCUT2D eigenvalue weighted by atomic mass is 16.7. The van der Waals surface area contributed by atoms with Crippen LogP contribution in [0.1, 0.15) is 0 Å². The third kappa shape index (κ3) is 4.16. The second kappa shape index (κ2) is 8.08. The molecule has 124 valence electrons. The van der Waals surface area contributed by atoms with Crippen molar-refractivity contribution in [3.63, 3.8) is 0 Å². The van der Waals surface area contributed by atoms with Crippen LogP contribution in [0.25, 0.3) is 0 Å². The van der Waals surface area contributed by atoms with Gasteiger partial charge < -0.3 is 50.0 Å². The number of carbonyl (C=O) groups excluding carboxylic acids is 1. The largest absolute Gasteiger partial charge is 0.394 e. The van der Waals surface area contributed by atoms with Crippen molar-refractivity contribution in [2.24, 2.45) is 0 Å². The number of aldehydes is 1. The third-order valence-corrected chi connectivity index (χ3v) is 3.19. The summed E-state index contributed by atoms with van der Waals surface area (Å²) in [6, 6.07) is 0. The Kier molecular flexibility index (Phi) is 7.06. The van der Waals surface area contributed by atoms with Crippen molar-refractivity contribution in [2.75, 3.05) is 13.2 Å². The molecule has 1 aliphatic heterocycles. The molecule has 21 heavy (non-hydrogen) atoms. The molecule has 1 aliphatic rings. The average molecular weight is 312 g/mol. The summed E-state index contributed by atoms with van der Waals surface area (Å²) in [4.78, 5) is 10.9. The quantitative estimate of drug-likeness (QED) is 0.225. The van der Waals surface area contributed by atoms with Gasteiger partial charge in [0.05, 0.1) is 13.2 Å². The van der Waals surface area contributed by atoms with E-state index in [0.29, 0.717) is 0 Å². The molecule has 0 unspecified atom stereocenters. The Balaban J connectivity index is 2.76. The first-order valence-electron chi connectivity index (χ1n) is 6.25. The second-order valence-corrected chi connectivity index (χ2v) is 4.67. The minimum Gasteiger partial charge on any atom is -0.394 e. The Bertz CT molecular complexity index is 324. The molecular formula is C11H20O10. The fraction of sp³-hybridized carbons (Fsp3) is 0.909. The van der Waals surface area contributed by atoms with Crippen LogP contribution in [-0.4, -0.2) is 104 Å². The van der Waals surface area contributed by atoms with Crippen molar-refractivity contribution in [2.45, 2.75) is 49.0 Å². The van der Waals surface area contributed by atoms with Crippen LogP contribution >= 0.6 is 0 Å². The van der Waals surface area contributed by atoms with Crippen LogP contribution in [0, 0.1) is 0 Å². The Morgan fingerprint density at radius 3 is 2.19 bits per heavy atom. The lowest BCUT2D eigenvalue weighted by Gasteiger charge is -2.40. The predicted molar refractivity (Wildman–Crippen MR) is 63.8 cm³/mol. The standard InChI is InChI=1S/C11H20O10/c12-1-4(15)7(16)5(2-13)20-11-10(19)9(18)8(17)6(3-14)21-11/h2,4-12,14-19H,1,3H2/t4-,5-,6-,7-,8-,9+,10-,11+/m1/s1. The summed E-state index contributed by atoms with van der Waals surface area (Å²) >= 11 is 0. The highest BCUT2D eigenvalue weighted by Crippen LogP contribution is 2.23. The number of ether oxygens (including phenoxy) is 2. The van der Waals surface area contributed by atoms with Gasteiger partial charge in [-0.15, -0.1) is 0 Å². The van der Waals surface area contributed by atoms with Gasteiger partial charge in [-0.05, 0) is 0 Å². The molecule has 7 N–H and O–H groups in total. The molecule has 1 heterocycles. The van der Waals surface area contributed by atoms with Gasteiger partial charge in [0.25, 0.3) is 0 Å². The van der Waals surface area contributed by atoms with Crippen molar-refractivity contribution in [3.05, 3.63) is 0 Å².